The van der Waals surface area contributed by atoms with Crippen LogP contribution in [0.5, 0.6) is 5.75 Å². The molecule has 2 atom stereocenters. The lowest BCUT2D eigenvalue weighted by atomic mass is 9.88. The lowest BCUT2D eigenvalue weighted by molar-refractivity contribution is -0.145. The highest BCUT2D eigenvalue weighted by molar-refractivity contribution is 5.73. The molecule has 0 amide bonds. The summed E-state index contributed by atoms with van der Waals surface area (Å²) in [6, 6.07) is 4.44. The van der Waals surface area contributed by atoms with Crippen LogP contribution in [-0.4, -0.2) is 35.7 Å². The van der Waals surface area contributed by atoms with Gasteiger partial charge in [-0.1, -0.05) is 25.5 Å². The maximum Gasteiger partial charge on any atom is 0.320 e. The quantitative estimate of drug-likeness (QED) is 0.907. The van der Waals surface area contributed by atoms with Crippen molar-refractivity contribution in [1.82, 2.24) is 4.90 Å². The molecule has 1 aromatic rings. The molecule has 116 valence electrons. The zero-order valence-electron chi connectivity index (χ0n) is 12.5. The molecule has 0 aromatic heterocycles. The van der Waals surface area contributed by atoms with Crippen molar-refractivity contribution in [3.05, 3.63) is 29.6 Å². The van der Waals surface area contributed by atoms with Gasteiger partial charge in [-0.3, -0.25) is 9.69 Å². The van der Waals surface area contributed by atoms with Crippen molar-refractivity contribution in [2.45, 2.75) is 38.8 Å². The van der Waals surface area contributed by atoms with Crippen molar-refractivity contribution < 1.29 is 19.0 Å². The van der Waals surface area contributed by atoms with Crippen LogP contribution in [0.2, 0.25) is 0 Å². The maximum atomic E-state index is 14.2. The number of rotatable bonds is 5. The third-order valence-corrected chi connectivity index (χ3v) is 4.32. The Morgan fingerprint density at radius 1 is 1.52 bits per heavy atom. The molecule has 2 unspecified atom stereocenters. The fraction of sp³-hybridized carbons (Fsp3) is 0.562. The Kier molecular flexibility index (Phi) is 5.17. The van der Waals surface area contributed by atoms with Crippen LogP contribution in [0, 0.1) is 11.7 Å². The summed E-state index contributed by atoms with van der Waals surface area (Å²) in [7, 11) is 1.43. The van der Waals surface area contributed by atoms with Gasteiger partial charge in [0.25, 0.3) is 0 Å². The second kappa shape index (κ2) is 6.89. The summed E-state index contributed by atoms with van der Waals surface area (Å²) in [6.07, 6.45) is 2.59. The number of aliphatic carboxylic acids is 1. The number of piperidine rings is 1. The van der Waals surface area contributed by atoms with Gasteiger partial charge in [0, 0.05) is 12.1 Å². The molecule has 0 radical (unpaired) electrons. The van der Waals surface area contributed by atoms with Gasteiger partial charge < -0.3 is 9.84 Å². The van der Waals surface area contributed by atoms with Gasteiger partial charge in [-0.25, -0.2) is 4.39 Å². The highest BCUT2D eigenvalue weighted by Crippen LogP contribution is 2.28. The van der Waals surface area contributed by atoms with E-state index in [1.807, 2.05) is 4.90 Å². The first-order valence-corrected chi connectivity index (χ1v) is 7.35. The van der Waals surface area contributed by atoms with Gasteiger partial charge in [0.2, 0.25) is 0 Å². The minimum absolute atomic E-state index is 0.197. The molecule has 0 spiro atoms. The minimum atomic E-state index is -0.823. The summed E-state index contributed by atoms with van der Waals surface area (Å²) in [4.78, 5) is 13.3. The van der Waals surface area contributed by atoms with Crippen LogP contribution in [0.4, 0.5) is 4.39 Å². The normalized spacial score (nSPS) is 23.0. The molecule has 1 fully saturated rings. The Labute approximate surface area is 124 Å². The summed E-state index contributed by atoms with van der Waals surface area (Å²) < 4.78 is 19.2. The fourth-order valence-corrected chi connectivity index (χ4v) is 2.96. The van der Waals surface area contributed by atoms with E-state index in [4.69, 9.17) is 4.74 Å². The summed E-state index contributed by atoms with van der Waals surface area (Å²) in [5, 5.41) is 9.41. The zero-order chi connectivity index (χ0) is 15.4. The molecule has 1 aliphatic rings. The number of carbonyl (C=O) groups is 1. The Morgan fingerprint density at radius 2 is 2.29 bits per heavy atom. The number of carboxylic acid groups (broad SMARTS) is 1. The molecule has 2 rings (SSSR count). The van der Waals surface area contributed by atoms with Crippen molar-refractivity contribution in [1.29, 1.82) is 0 Å². The molecule has 1 aliphatic heterocycles. The number of nitrogens with zero attached hydrogens (tertiary/aromatic N) is 1. The molecule has 1 N–H and O–H groups in total. The van der Waals surface area contributed by atoms with Crippen molar-refractivity contribution >= 4 is 5.97 Å². The first-order valence-electron chi connectivity index (χ1n) is 7.35. The predicted octanol–water partition coefficient (Wildman–Crippen LogP) is 2.91. The van der Waals surface area contributed by atoms with E-state index < -0.39 is 17.8 Å². The predicted molar refractivity (Wildman–Crippen MR) is 77.8 cm³/mol. The fourth-order valence-electron chi connectivity index (χ4n) is 2.96. The molecular formula is C16H22FNO3. The monoisotopic (exact) mass is 295 g/mol. The topological polar surface area (TPSA) is 49.8 Å². The van der Waals surface area contributed by atoms with Crippen molar-refractivity contribution in [2.75, 3.05) is 13.7 Å². The van der Waals surface area contributed by atoms with Gasteiger partial charge in [0.15, 0.2) is 11.6 Å². The first kappa shape index (κ1) is 15.8. The van der Waals surface area contributed by atoms with Crippen LogP contribution in [0.15, 0.2) is 18.2 Å². The number of methoxy groups -OCH3 is 1. The number of likely N-dealkylation sites (tertiary alicyclic amines) is 1. The number of carboxylic acids is 1. The molecule has 5 heteroatoms. The lowest BCUT2D eigenvalue weighted by Gasteiger charge is -2.37. The maximum absolute atomic E-state index is 14.2. The van der Waals surface area contributed by atoms with Gasteiger partial charge >= 0.3 is 5.97 Å². The smallest absolute Gasteiger partial charge is 0.320 e. The highest BCUT2D eigenvalue weighted by atomic mass is 19.1. The van der Waals surface area contributed by atoms with E-state index in [1.165, 1.54) is 7.11 Å². The number of hydrogen-bond acceptors (Lipinski definition) is 3. The summed E-state index contributed by atoms with van der Waals surface area (Å²) >= 11 is 0. The molecule has 0 aliphatic carbocycles. The van der Waals surface area contributed by atoms with Crippen LogP contribution < -0.4 is 4.74 Å². The molecule has 0 bridgehead atoms. The van der Waals surface area contributed by atoms with Gasteiger partial charge in [0.05, 0.1) is 7.11 Å². The average Bonchev–Trinajstić information content (AvgIpc) is 2.49. The lowest BCUT2D eigenvalue weighted by Crippen LogP contribution is -2.46. The number of benzene rings is 1. The highest BCUT2D eigenvalue weighted by Gasteiger charge is 2.33. The third-order valence-electron chi connectivity index (χ3n) is 4.32. The second-order valence-electron chi connectivity index (χ2n) is 5.56. The third kappa shape index (κ3) is 3.53. The summed E-state index contributed by atoms with van der Waals surface area (Å²) in [5.74, 6) is -0.585. The molecule has 21 heavy (non-hydrogen) atoms. The SMILES string of the molecule is CCC1CCN(Cc2cccc(OC)c2F)C(C(=O)O)C1. The van der Waals surface area contributed by atoms with Crippen molar-refractivity contribution in [3.8, 4) is 5.75 Å². The Hall–Kier alpha value is -1.62. The number of halogens is 1. The Morgan fingerprint density at radius 3 is 2.90 bits per heavy atom. The van der Waals surface area contributed by atoms with E-state index in [0.29, 0.717) is 31.0 Å². The average molecular weight is 295 g/mol. The van der Waals surface area contributed by atoms with Crippen LogP contribution in [0.25, 0.3) is 0 Å². The van der Waals surface area contributed by atoms with Crippen LogP contribution in [0.1, 0.15) is 31.7 Å². The molecular weight excluding hydrogens is 273 g/mol. The van der Waals surface area contributed by atoms with E-state index in [-0.39, 0.29) is 5.75 Å². The van der Waals surface area contributed by atoms with E-state index in [2.05, 4.69) is 6.92 Å². The van der Waals surface area contributed by atoms with E-state index in [9.17, 15) is 14.3 Å². The first-order chi connectivity index (χ1) is 10.1. The molecule has 0 saturated carbocycles. The van der Waals surface area contributed by atoms with Crippen molar-refractivity contribution in [2.24, 2.45) is 5.92 Å². The molecule has 1 aromatic carbocycles. The van der Waals surface area contributed by atoms with Crippen molar-refractivity contribution in [3.63, 3.8) is 0 Å². The van der Waals surface area contributed by atoms with Crippen LogP contribution in [0.3, 0.4) is 0 Å². The standard InChI is InChI=1S/C16H22FNO3/c1-3-11-7-8-18(13(9-11)16(19)20)10-12-5-4-6-14(21-2)15(12)17/h4-6,11,13H,3,7-10H2,1-2H3,(H,19,20). The second-order valence-corrected chi connectivity index (χ2v) is 5.56. The Balaban J connectivity index is 2.16. The zero-order valence-corrected chi connectivity index (χ0v) is 12.5. The van der Waals surface area contributed by atoms with Crippen LogP contribution >= 0.6 is 0 Å². The van der Waals surface area contributed by atoms with Gasteiger partial charge in [-0.2, -0.15) is 0 Å². The largest absolute Gasteiger partial charge is 0.494 e. The number of hydrogen-bond donors (Lipinski definition) is 1. The summed E-state index contributed by atoms with van der Waals surface area (Å²) in [6.45, 7) is 3.07. The molecule has 1 heterocycles. The van der Waals surface area contributed by atoms with E-state index >= 15 is 0 Å². The number of ether oxygens (including phenoxy) is 1. The van der Waals surface area contributed by atoms with Gasteiger partial charge in [-0.15, -0.1) is 0 Å². The van der Waals surface area contributed by atoms with Gasteiger partial charge in [0.1, 0.15) is 6.04 Å². The summed E-state index contributed by atoms with van der Waals surface area (Å²) in [5.41, 5.74) is 0.482. The van der Waals surface area contributed by atoms with Gasteiger partial charge in [-0.05, 0) is 31.4 Å². The van der Waals surface area contributed by atoms with Crippen LogP contribution in [-0.2, 0) is 11.3 Å². The molecule has 4 nitrogen and oxygen atoms in total. The van der Waals surface area contributed by atoms with E-state index in [1.54, 1.807) is 18.2 Å². The molecule has 1 saturated heterocycles. The van der Waals surface area contributed by atoms with E-state index in [0.717, 1.165) is 12.8 Å². The Bertz CT molecular complexity index is 506. The minimum Gasteiger partial charge on any atom is -0.494 e.